The Morgan fingerprint density at radius 3 is 2.45 bits per heavy atom. The summed E-state index contributed by atoms with van der Waals surface area (Å²) in [6, 6.07) is 0. The van der Waals surface area contributed by atoms with Gasteiger partial charge < -0.3 is 4.74 Å². The number of hydrogen-bond donors (Lipinski definition) is 0. The van der Waals surface area contributed by atoms with Gasteiger partial charge in [0.2, 0.25) is 5.88 Å². The Hall–Kier alpha value is -0.710. The van der Waals surface area contributed by atoms with Gasteiger partial charge in [0.25, 0.3) is 0 Å². The van der Waals surface area contributed by atoms with Crippen LogP contribution in [0.1, 0.15) is 9.88 Å². The molecule has 1 aromatic rings. The van der Waals surface area contributed by atoms with E-state index in [4.69, 9.17) is 0 Å². The highest BCUT2D eigenvalue weighted by atomic mass is 32.1. The maximum Gasteiger partial charge on any atom is 0.388 e. The Morgan fingerprint density at radius 2 is 2.09 bits per heavy atom. The zero-order chi connectivity index (χ0) is 8.43. The molecule has 0 fully saturated rings. The molecule has 1 heterocycles. The number of aromatic nitrogens is 1. The Morgan fingerprint density at radius 1 is 1.45 bits per heavy atom. The smallest absolute Gasteiger partial charge is 0.388 e. The monoisotopic (exact) mass is 179 g/mol. The minimum atomic E-state index is -2.78. The molecular formula is C6H7F2NOS. The molecule has 11 heavy (non-hydrogen) atoms. The topological polar surface area (TPSA) is 22.1 Å². The summed E-state index contributed by atoms with van der Waals surface area (Å²) in [5, 5.41) is 0.734. The first-order valence-electron chi connectivity index (χ1n) is 2.98. The average Bonchev–Trinajstić information content (AvgIpc) is 2.09. The summed E-state index contributed by atoms with van der Waals surface area (Å²) in [6.45, 7) is 0.661. The van der Waals surface area contributed by atoms with Gasteiger partial charge in [-0.25, -0.2) is 4.98 Å². The zero-order valence-electron chi connectivity index (χ0n) is 6.10. The molecule has 0 radical (unpaired) electrons. The van der Waals surface area contributed by atoms with Gasteiger partial charge in [-0.15, -0.1) is 11.3 Å². The quantitative estimate of drug-likeness (QED) is 0.695. The number of hydrogen-bond acceptors (Lipinski definition) is 3. The number of thiazole rings is 1. The molecule has 0 aliphatic heterocycles. The van der Waals surface area contributed by atoms with Gasteiger partial charge in [0, 0.05) is 0 Å². The van der Waals surface area contributed by atoms with Crippen molar-refractivity contribution in [2.45, 2.75) is 20.5 Å². The zero-order valence-corrected chi connectivity index (χ0v) is 6.91. The Labute approximate surface area is 66.8 Å². The third-order valence-corrected chi connectivity index (χ3v) is 1.93. The fourth-order valence-corrected chi connectivity index (χ4v) is 1.46. The second-order valence-electron chi connectivity index (χ2n) is 1.97. The first-order valence-corrected chi connectivity index (χ1v) is 3.80. The predicted octanol–water partition coefficient (Wildman–Crippen LogP) is 2.36. The molecular weight excluding hydrogens is 172 g/mol. The second-order valence-corrected chi connectivity index (χ2v) is 3.38. The summed E-state index contributed by atoms with van der Waals surface area (Å²) < 4.78 is 27.4. The lowest BCUT2D eigenvalue weighted by Crippen LogP contribution is -2.02. The van der Waals surface area contributed by atoms with Gasteiger partial charge in [-0.1, -0.05) is 0 Å². The Bertz CT molecular complexity index is 249. The summed E-state index contributed by atoms with van der Waals surface area (Å²) in [5.41, 5.74) is 0. The van der Waals surface area contributed by atoms with Crippen molar-refractivity contribution in [2.75, 3.05) is 0 Å². The molecule has 0 unspecified atom stereocenters. The first-order chi connectivity index (χ1) is 5.09. The number of alkyl halides is 2. The number of ether oxygens (including phenoxy) is 1. The lowest BCUT2D eigenvalue weighted by Gasteiger charge is -1.99. The van der Waals surface area contributed by atoms with Crippen molar-refractivity contribution in [1.82, 2.24) is 4.98 Å². The molecule has 0 atom stereocenters. The number of nitrogens with zero attached hydrogens (tertiary/aromatic N) is 1. The largest absolute Gasteiger partial charge is 0.416 e. The summed E-state index contributed by atoms with van der Waals surface area (Å²) in [5.74, 6) is 0.0440. The molecule has 0 saturated carbocycles. The van der Waals surface area contributed by atoms with Crippen molar-refractivity contribution in [3.63, 3.8) is 0 Å². The Kier molecular flexibility index (Phi) is 2.38. The van der Waals surface area contributed by atoms with E-state index in [2.05, 4.69) is 9.72 Å². The maximum absolute atomic E-state index is 11.7. The maximum atomic E-state index is 11.7. The summed E-state index contributed by atoms with van der Waals surface area (Å²) in [6.07, 6.45) is 0. The number of aryl methyl sites for hydroxylation is 2. The van der Waals surface area contributed by atoms with Crippen LogP contribution in [0.4, 0.5) is 8.78 Å². The highest BCUT2D eigenvalue weighted by Crippen LogP contribution is 2.24. The van der Waals surface area contributed by atoms with E-state index < -0.39 is 6.61 Å². The standard InChI is InChI=1S/C6H7F2NOS/c1-3-5(10-6(7)8)9-4(2)11-3/h6H,1-2H3. The van der Waals surface area contributed by atoms with Crippen LogP contribution in [0, 0.1) is 13.8 Å². The second kappa shape index (κ2) is 3.13. The van der Waals surface area contributed by atoms with Gasteiger partial charge in [0.1, 0.15) is 0 Å². The number of rotatable bonds is 2. The molecule has 0 spiro atoms. The van der Waals surface area contributed by atoms with E-state index >= 15 is 0 Å². The fourth-order valence-electron chi connectivity index (χ4n) is 0.703. The molecule has 0 aliphatic rings. The molecule has 0 amide bonds. The summed E-state index contributed by atoms with van der Waals surface area (Å²) in [4.78, 5) is 4.45. The third kappa shape index (κ3) is 2.11. The van der Waals surface area contributed by atoms with Crippen molar-refractivity contribution in [3.8, 4) is 5.88 Å². The summed E-state index contributed by atoms with van der Waals surface area (Å²) >= 11 is 1.34. The normalized spacial score (nSPS) is 10.6. The first kappa shape index (κ1) is 8.39. The lowest BCUT2D eigenvalue weighted by molar-refractivity contribution is -0.0529. The van der Waals surface area contributed by atoms with Gasteiger partial charge in [-0.05, 0) is 13.8 Å². The molecule has 2 nitrogen and oxygen atoms in total. The van der Waals surface area contributed by atoms with Crippen molar-refractivity contribution in [2.24, 2.45) is 0 Å². The third-order valence-electron chi connectivity index (χ3n) is 1.06. The highest BCUT2D eigenvalue weighted by molar-refractivity contribution is 7.11. The molecule has 0 aliphatic carbocycles. The van der Waals surface area contributed by atoms with Crippen molar-refractivity contribution >= 4 is 11.3 Å². The van der Waals surface area contributed by atoms with E-state index in [0.29, 0.717) is 4.88 Å². The van der Waals surface area contributed by atoms with E-state index in [1.54, 1.807) is 13.8 Å². The van der Waals surface area contributed by atoms with Crippen LogP contribution < -0.4 is 4.74 Å². The van der Waals surface area contributed by atoms with Gasteiger partial charge in [-0.3, -0.25) is 0 Å². The van der Waals surface area contributed by atoms with Gasteiger partial charge in [0.15, 0.2) is 0 Å². The minimum absolute atomic E-state index is 0.0440. The molecule has 5 heteroatoms. The van der Waals surface area contributed by atoms with Crippen LogP contribution in [0.3, 0.4) is 0 Å². The van der Waals surface area contributed by atoms with Crippen LogP contribution >= 0.6 is 11.3 Å². The van der Waals surface area contributed by atoms with Crippen LogP contribution in [0.15, 0.2) is 0 Å². The lowest BCUT2D eigenvalue weighted by atomic mass is 10.6. The minimum Gasteiger partial charge on any atom is -0.416 e. The van der Waals surface area contributed by atoms with Gasteiger partial charge >= 0.3 is 6.61 Å². The Balaban J connectivity index is 2.77. The van der Waals surface area contributed by atoms with Crippen LogP contribution in [-0.2, 0) is 0 Å². The highest BCUT2D eigenvalue weighted by Gasteiger charge is 2.10. The predicted molar refractivity (Wildman–Crippen MR) is 38.2 cm³/mol. The van der Waals surface area contributed by atoms with E-state index in [9.17, 15) is 8.78 Å². The molecule has 1 aromatic heterocycles. The number of halogens is 2. The van der Waals surface area contributed by atoms with E-state index in [1.807, 2.05) is 0 Å². The average molecular weight is 179 g/mol. The van der Waals surface area contributed by atoms with Gasteiger partial charge in [-0.2, -0.15) is 8.78 Å². The van der Waals surface area contributed by atoms with Crippen LogP contribution in [-0.4, -0.2) is 11.6 Å². The van der Waals surface area contributed by atoms with Gasteiger partial charge in [0.05, 0.1) is 9.88 Å². The van der Waals surface area contributed by atoms with Crippen molar-refractivity contribution in [3.05, 3.63) is 9.88 Å². The molecule has 0 aromatic carbocycles. The molecule has 62 valence electrons. The van der Waals surface area contributed by atoms with E-state index in [1.165, 1.54) is 11.3 Å². The fraction of sp³-hybridized carbons (Fsp3) is 0.500. The molecule has 0 bridgehead atoms. The van der Waals surface area contributed by atoms with E-state index in [-0.39, 0.29) is 5.88 Å². The van der Waals surface area contributed by atoms with Crippen LogP contribution in [0.25, 0.3) is 0 Å². The molecule has 0 N–H and O–H groups in total. The van der Waals surface area contributed by atoms with E-state index in [0.717, 1.165) is 5.01 Å². The molecule has 1 rings (SSSR count). The summed E-state index contributed by atoms with van der Waals surface area (Å²) in [7, 11) is 0. The van der Waals surface area contributed by atoms with Crippen LogP contribution in [0.5, 0.6) is 5.88 Å². The van der Waals surface area contributed by atoms with Crippen LogP contribution in [0.2, 0.25) is 0 Å². The van der Waals surface area contributed by atoms with Crippen molar-refractivity contribution in [1.29, 1.82) is 0 Å². The van der Waals surface area contributed by atoms with Crippen molar-refractivity contribution < 1.29 is 13.5 Å². The molecule has 0 saturated heterocycles. The SMILES string of the molecule is Cc1nc(OC(F)F)c(C)s1.